The lowest BCUT2D eigenvalue weighted by molar-refractivity contribution is -0.141. The maximum absolute atomic E-state index is 12.5. The van der Waals surface area contributed by atoms with Crippen LogP contribution in [0.4, 0.5) is 19.1 Å². The van der Waals surface area contributed by atoms with Gasteiger partial charge in [-0.05, 0) is 13.8 Å². The molecule has 0 spiro atoms. The van der Waals surface area contributed by atoms with E-state index < -0.39 is 24.7 Å². The van der Waals surface area contributed by atoms with Crippen molar-refractivity contribution in [1.29, 1.82) is 0 Å². The monoisotopic (exact) mass is 303 g/mol. The molecule has 6 nitrogen and oxygen atoms in total. The minimum atomic E-state index is -4.38. The fourth-order valence-electron chi connectivity index (χ4n) is 1.91. The van der Waals surface area contributed by atoms with Crippen molar-refractivity contribution in [2.24, 2.45) is 0 Å². The van der Waals surface area contributed by atoms with Crippen LogP contribution in [-0.2, 0) is 6.54 Å². The second kappa shape index (κ2) is 5.84. The summed E-state index contributed by atoms with van der Waals surface area (Å²) in [5.41, 5.74) is 1.10. The molecule has 0 aromatic carbocycles. The molecule has 0 saturated carbocycles. The van der Waals surface area contributed by atoms with E-state index in [0.717, 1.165) is 0 Å². The molecule has 116 valence electrons. The number of fused-ring (bicyclic) bond motifs is 1. The minimum Gasteiger partial charge on any atom is -0.391 e. The fourth-order valence-corrected chi connectivity index (χ4v) is 1.91. The van der Waals surface area contributed by atoms with E-state index in [0.29, 0.717) is 17.7 Å². The van der Waals surface area contributed by atoms with Crippen molar-refractivity contribution in [3.05, 3.63) is 12.5 Å². The quantitative estimate of drug-likeness (QED) is 0.883. The van der Waals surface area contributed by atoms with Gasteiger partial charge in [0.1, 0.15) is 5.52 Å². The largest absolute Gasteiger partial charge is 0.391 e. The molecule has 0 aliphatic heterocycles. The highest BCUT2D eigenvalue weighted by atomic mass is 19.4. The van der Waals surface area contributed by atoms with Crippen LogP contribution in [0, 0.1) is 0 Å². The number of halogens is 3. The Morgan fingerprint density at radius 3 is 2.67 bits per heavy atom. The Hall–Kier alpha value is -1.90. The van der Waals surface area contributed by atoms with Crippen LogP contribution >= 0.6 is 0 Å². The van der Waals surface area contributed by atoms with Crippen molar-refractivity contribution < 1.29 is 18.3 Å². The predicted molar refractivity (Wildman–Crippen MR) is 70.8 cm³/mol. The van der Waals surface area contributed by atoms with Gasteiger partial charge in [0.2, 0.25) is 5.95 Å². The van der Waals surface area contributed by atoms with Crippen LogP contribution in [-0.4, -0.2) is 42.9 Å². The average molecular weight is 303 g/mol. The Morgan fingerprint density at radius 1 is 1.38 bits per heavy atom. The van der Waals surface area contributed by atoms with Crippen molar-refractivity contribution in [1.82, 2.24) is 19.5 Å². The fraction of sp³-hybridized carbons (Fsp3) is 0.583. The molecule has 0 radical (unpaired) electrons. The number of aliphatic hydroxyl groups excluding tert-OH is 1. The number of hydrogen-bond acceptors (Lipinski definition) is 5. The second-order valence-electron chi connectivity index (χ2n) is 4.74. The first-order chi connectivity index (χ1) is 9.80. The maximum Gasteiger partial charge on any atom is 0.391 e. The first-order valence-electron chi connectivity index (χ1n) is 6.49. The van der Waals surface area contributed by atoms with E-state index in [2.05, 4.69) is 20.3 Å². The summed E-state index contributed by atoms with van der Waals surface area (Å²) in [6.07, 6.45) is -3.72. The topological polar surface area (TPSA) is 75.9 Å². The Morgan fingerprint density at radius 2 is 2.10 bits per heavy atom. The van der Waals surface area contributed by atoms with E-state index in [1.165, 1.54) is 13.1 Å². The van der Waals surface area contributed by atoms with Gasteiger partial charge < -0.3 is 15.0 Å². The van der Waals surface area contributed by atoms with Crippen LogP contribution in [0.25, 0.3) is 11.2 Å². The van der Waals surface area contributed by atoms with Gasteiger partial charge in [-0.3, -0.25) is 0 Å². The van der Waals surface area contributed by atoms with Crippen molar-refractivity contribution >= 4 is 17.1 Å². The molecular weight excluding hydrogens is 287 g/mol. The number of aliphatic hydroxyl groups is 1. The normalized spacial score (nSPS) is 15.1. The average Bonchev–Trinajstić information content (AvgIpc) is 2.78. The van der Waals surface area contributed by atoms with Gasteiger partial charge in [-0.1, -0.05) is 0 Å². The lowest BCUT2D eigenvalue weighted by Gasteiger charge is -2.22. The number of aryl methyl sites for hydroxylation is 1. The third-order valence-corrected chi connectivity index (χ3v) is 3.05. The van der Waals surface area contributed by atoms with Crippen molar-refractivity contribution in [3.63, 3.8) is 0 Å². The number of nitrogens with zero attached hydrogens (tertiary/aromatic N) is 4. The SMILES string of the molecule is CCn1cnc2cnc(NC(CC(F)(F)F)C(C)O)nc21. The number of hydrogen-bond donors (Lipinski definition) is 2. The molecule has 0 aliphatic rings. The van der Waals surface area contributed by atoms with Gasteiger partial charge in [-0.15, -0.1) is 0 Å². The molecule has 0 fully saturated rings. The summed E-state index contributed by atoms with van der Waals surface area (Å²) >= 11 is 0. The van der Waals surface area contributed by atoms with Gasteiger partial charge in [0, 0.05) is 6.54 Å². The molecule has 0 bridgehead atoms. The van der Waals surface area contributed by atoms with E-state index >= 15 is 0 Å². The molecule has 9 heteroatoms. The number of aromatic nitrogens is 4. The smallest absolute Gasteiger partial charge is 0.391 e. The van der Waals surface area contributed by atoms with Gasteiger partial charge in [-0.2, -0.15) is 18.2 Å². The number of rotatable bonds is 5. The van der Waals surface area contributed by atoms with E-state index in [-0.39, 0.29) is 5.95 Å². The molecule has 2 rings (SSSR count). The first kappa shape index (κ1) is 15.5. The summed E-state index contributed by atoms with van der Waals surface area (Å²) in [5, 5.41) is 12.0. The highest BCUT2D eigenvalue weighted by Crippen LogP contribution is 2.24. The molecule has 2 N–H and O–H groups in total. The molecule has 2 aromatic heterocycles. The number of imidazole rings is 1. The molecule has 21 heavy (non-hydrogen) atoms. The van der Waals surface area contributed by atoms with Crippen LogP contribution in [0.15, 0.2) is 12.5 Å². The summed E-state index contributed by atoms with van der Waals surface area (Å²) < 4.78 is 39.2. The summed E-state index contributed by atoms with van der Waals surface area (Å²) in [7, 11) is 0. The van der Waals surface area contributed by atoms with Crippen LogP contribution < -0.4 is 5.32 Å². The third-order valence-electron chi connectivity index (χ3n) is 3.05. The Labute approximate surface area is 119 Å². The summed E-state index contributed by atoms with van der Waals surface area (Å²) in [5.74, 6) is 0.0350. The lowest BCUT2D eigenvalue weighted by atomic mass is 10.1. The number of nitrogens with one attached hydrogen (secondary N) is 1. The maximum atomic E-state index is 12.5. The molecule has 2 atom stereocenters. The van der Waals surface area contributed by atoms with Gasteiger partial charge in [0.15, 0.2) is 5.65 Å². The van der Waals surface area contributed by atoms with Crippen LogP contribution in [0.1, 0.15) is 20.3 Å². The zero-order valence-corrected chi connectivity index (χ0v) is 11.6. The molecule has 0 aliphatic carbocycles. The lowest BCUT2D eigenvalue weighted by Crippen LogP contribution is -2.36. The molecule has 2 aromatic rings. The standard InChI is InChI=1S/C12H16F3N5O/c1-3-20-6-17-9-5-16-11(19-10(9)20)18-8(7(2)21)4-12(13,14)15/h5-8,21H,3-4H2,1-2H3,(H,16,18,19). The second-order valence-corrected chi connectivity index (χ2v) is 4.74. The Bertz CT molecular complexity index is 610. The highest BCUT2D eigenvalue weighted by molar-refractivity contribution is 5.70. The zero-order chi connectivity index (χ0) is 15.6. The van der Waals surface area contributed by atoms with E-state index in [4.69, 9.17) is 0 Å². The van der Waals surface area contributed by atoms with Crippen molar-refractivity contribution in [2.75, 3.05) is 5.32 Å². The Balaban J connectivity index is 2.24. The molecule has 2 heterocycles. The van der Waals surface area contributed by atoms with Crippen molar-refractivity contribution in [2.45, 2.75) is 45.1 Å². The third kappa shape index (κ3) is 3.81. The van der Waals surface area contributed by atoms with E-state index in [1.807, 2.05) is 6.92 Å². The van der Waals surface area contributed by atoms with Crippen LogP contribution in [0.3, 0.4) is 0 Å². The molecular formula is C12H16F3N5O. The van der Waals surface area contributed by atoms with Crippen LogP contribution in [0.2, 0.25) is 0 Å². The predicted octanol–water partition coefficient (Wildman–Crippen LogP) is 1.96. The molecule has 0 saturated heterocycles. The first-order valence-corrected chi connectivity index (χ1v) is 6.49. The van der Waals surface area contributed by atoms with E-state index in [9.17, 15) is 18.3 Å². The highest BCUT2D eigenvalue weighted by Gasteiger charge is 2.34. The number of alkyl halides is 3. The van der Waals surface area contributed by atoms with Gasteiger partial charge in [0.05, 0.1) is 31.1 Å². The van der Waals surface area contributed by atoms with Gasteiger partial charge in [-0.25, -0.2) is 9.97 Å². The van der Waals surface area contributed by atoms with Gasteiger partial charge in [0.25, 0.3) is 0 Å². The Kier molecular flexibility index (Phi) is 4.31. The summed E-state index contributed by atoms with van der Waals surface area (Å²) in [6, 6.07) is -1.21. The van der Waals surface area contributed by atoms with Gasteiger partial charge >= 0.3 is 6.18 Å². The number of anilines is 1. The molecule has 0 amide bonds. The zero-order valence-electron chi connectivity index (χ0n) is 11.6. The van der Waals surface area contributed by atoms with Crippen LogP contribution in [0.5, 0.6) is 0 Å². The summed E-state index contributed by atoms with van der Waals surface area (Å²) in [6.45, 7) is 3.83. The summed E-state index contributed by atoms with van der Waals surface area (Å²) in [4.78, 5) is 12.2. The molecule has 2 unspecified atom stereocenters. The van der Waals surface area contributed by atoms with Crippen molar-refractivity contribution in [3.8, 4) is 0 Å². The van der Waals surface area contributed by atoms with E-state index in [1.54, 1.807) is 10.9 Å². The minimum absolute atomic E-state index is 0.0350.